The van der Waals surface area contributed by atoms with Gasteiger partial charge in [-0.3, -0.25) is 4.57 Å². The second-order valence-corrected chi connectivity index (χ2v) is 8.79. The Morgan fingerprint density at radius 2 is 1.33 bits per heavy atom. The Kier molecular flexibility index (Phi) is 6.51. The summed E-state index contributed by atoms with van der Waals surface area (Å²) in [7, 11) is 0. The van der Waals surface area contributed by atoms with Crippen LogP contribution in [0.4, 0.5) is 0 Å². The summed E-state index contributed by atoms with van der Waals surface area (Å²) < 4.78 is 7.91. The van der Waals surface area contributed by atoms with Gasteiger partial charge in [0.1, 0.15) is 5.82 Å². The molecule has 0 N–H and O–H groups in total. The van der Waals surface area contributed by atoms with Crippen LogP contribution in [0, 0.1) is 0 Å². The number of nitrogens with zero attached hydrogens (tertiary/aromatic N) is 5. The van der Waals surface area contributed by atoms with Crippen LogP contribution in [0.3, 0.4) is 0 Å². The van der Waals surface area contributed by atoms with Gasteiger partial charge in [-0.15, -0.1) is 20.4 Å². The Bertz CT molecular complexity index is 1320. The maximum Gasteiger partial charge on any atom is 0.226 e. The Hall–Kier alpha value is -3.42. The third-order valence-electron chi connectivity index (χ3n) is 5.02. The number of halogens is 1. The largest absolute Gasteiger partial charge is 0.424 e. The maximum absolute atomic E-state index is 6.11. The van der Waals surface area contributed by atoms with E-state index >= 15 is 0 Å². The Morgan fingerprint density at radius 1 is 0.697 bits per heavy atom. The molecule has 6 nitrogen and oxygen atoms in total. The Labute approximate surface area is 200 Å². The predicted octanol–water partition coefficient (Wildman–Crippen LogP) is 5.78. The van der Waals surface area contributed by atoms with Crippen molar-refractivity contribution in [1.82, 2.24) is 25.0 Å². The molecule has 2 aromatic heterocycles. The van der Waals surface area contributed by atoms with Crippen molar-refractivity contribution in [2.75, 3.05) is 0 Å². The van der Waals surface area contributed by atoms with Crippen molar-refractivity contribution in [2.45, 2.75) is 23.8 Å². The van der Waals surface area contributed by atoms with Crippen molar-refractivity contribution in [3.8, 4) is 5.69 Å². The lowest BCUT2D eigenvalue weighted by atomic mass is 10.1. The smallest absolute Gasteiger partial charge is 0.226 e. The monoisotopic (exact) mass is 473 g/mol. The summed E-state index contributed by atoms with van der Waals surface area (Å²) in [6, 6.07) is 28.0. The van der Waals surface area contributed by atoms with Crippen LogP contribution in [0.5, 0.6) is 0 Å². The topological polar surface area (TPSA) is 69.6 Å². The summed E-state index contributed by atoms with van der Waals surface area (Å²) in [5.74, 6) is 2.50. The minimum absolute atomic E-state index is 0.499. The minimum Gasteiger partial charge on any atom is -0.424 e. The number of rotatable bonds is 8. The molecule has 0 atom stereocenters. The molecule has 0 aliphatic rings. The first kappa shape index (κ1) is 21.4. The molecule has 0 amide bonds. The molecule has 33 heavy (non-hydrogen) atoms. The molecule has 5 rings (SSSR count). The molecule has 0 bridgehead atoms. The number of thioether (sulfide) groups is 1. The van der Waals surface area contributed by atoms with Crippen molar-refractivity contribution < 1.29 is 4.42 Å². The summed E-state index contributed by atoms with van der Waals surface area (Å²) in [5, 5.41) is 18.8. The molecule has 0 radical (unpaired) electrons. The minimum atomic E-state index is 0.499. The van der Waals surface area contributed by atoms with Crippen LogP contribution in [0.25, 0.3) is 5.69 Å². The first-order valence-electron chi connectivity index (χ1n) is 10.5. The zero-order valence-electron chi connectivity index (χ0n) is 17.6. The van der Waals surface area contributed by atoms with Gasteiger partial charge in [0.05, 0.1) is 12.2 Å². The van der Waals surface area contributed by atoms with Gasteiger partial charge in [-0.25, -0.2) is 0 Å². The summed E-state index contributed by atoms with van der Waals surface area (Å²) in [4.78, 5) is 0. The first-order valence-corrected chi connectivity index (χ1v) is 11.8. The van der Waals surface area contributed by atoms with Crippen LogP contribution in [0.15, 0.2) is 94.5 Å². The molecule has 3 aromatic carbocycles. The highest BCUT2D eigenvalue weighted by Crippen LogP contribution is 2.27. The molecule has 2 heterocycles. The number of hydrogen-bond acceptors (Lipinski definition) is 6. The van der Waals surface area contributed by atoms with Crippen molar-refractivity contribution in [1.29, 1.82) is 0 Å². The van der Waals surface area contributed by atoms with Crippen LogP contribution in [0.2, 0.25) is 5.02 Å². The normalized spacial score (nSPS) is 11.1. The Balaban J connectivity index is 1.36. The van der Waals surface area contributed by atoms with E-state index in [0.29, 0.717) is 35.4 Å². The zero-order valence-corrected chi connectivity index (χ0v) is 19.2. The lowest BCUT2D eigenvalue weighted by molar-refractivity contribution is 0.474. The standard InChI is InChI=1S/C25H20ClN5OS/c26-20-11-13-21(14-12-20)31-22(15-18-7-3-1-4-8-18)27-30-25(31)33-17-24-29-28-23(32-24)16-19-9-5-2-6-10-19/h1-14H,15-17H2. The van der Waals surface area contributed by atoms with Gasteiger partial charge in [0.25, 0.3) is 0 Å². The molecule has 0 fully saturated rings. The van der Waals surface area contributed by atoms with Crippen molar-refractivity contribution in [2.24, 2.45) is 0 Å². The molecule has 0 aliphatic carbocycles. The summed E-state index contributed by atoms with van der Waals surface area (Å²) >= 11 is 7.62. The molecular formula is C25H20ClN5OS. The fraction of sp³-hybridized carbons (Fsp3) is 0.120. The third kappa shape index (κ3) is 5.32. The molecule has 5 aromatic rings. The van der Waals surface area contributed by atoms with Crippen molar-refractivity contribution in [3.05, 3.63) is 119 Å². The van der Waals surface area contributed by atoms with Crippen LogP contribution < -0.4 is 0 Å². The van der Waals surface area contributed by atoms with Crippen LogP contribution in [0.1, 0.15) is 28.7 Å². The average molecular weight is 474 g/mol. The van der Waals surface area contributed by atoms with Gasteiger partial charge in [0, 0.05) is 17.1 Å². The number of benzene rings is 3. The van der Waals surface area contributed by atoms with Gasteiger partial charge >= 0.3 is 0 Å². The van der Waals surface area contributed by atoms with Gasteiger partial charge in [0.15, 0.2) is 5.16 Å². The summed E-state index contributed by atoms with van der Waals surface area (Å²) in [6.07, 6.45) is 1.28. The van der Waals surface area contributed by atoms with E-state index in [4.69, 9.17) is 16.0 Å². The fourth-order valence-electron chi connectivity index (χ4n) is 3.45. The van der Waals surface area contributed by atoms with E-state index in [1.165, 1.54) is 17.3 Å². The second kappa shape index (κ2) is 10.0. The molecular weight excluding hydrogens is 454 g/mol. The van der Waals surface area contributed by atoms with E-state index < -0.39 is 0 Å². The molecule has 8 heteroatoms. The van der Waals surface area contributed by atoms with E-state index in [1.54, 1.807) is 0 Å². The van der Waals surface area contributed by atoms with E-state index in [-0.39, 0.29) is 0 Å². The quantitative estimate of drug-likeness (QED) is 0.266. The first-order chi connectivity index (χ1) is 16.2. The fourth-order valence-corrected chi connectivity index (χ4v) is 4.38. The second-order valence-electron chi connectivity index (χ2n) is 7.41. The highest BCUT2D eigenvalue weighted by molar-refractivity contribution is 7.98. The molecule has 0 saturated heterocycles. The van der Waals surface area contributed by atoms with Crippen molar-refractivity contribution in [3.63, 3.8) is 0 Å². The van der Waals surface area contributed by atoms with E-state index in [1.807, 2.05) is 72.8 Å². The van der Waals surface area contributed by atoms with E-state index in [9.17, 15) is 0 Å². The Morgan fingerprint density at radius 3 is 2.03 bits per heavy atom. The molecule has 0 aliphatic heterocycles. The predicted molar refractivity (Wildman–Crippen MR) is 129 cm³/mol. The molecule has 0 unspecified atom stereocenters. The molecule has 164 valence electrons. The number of hydrogen-bond donors (Lipinski definition) is 0. The lowest BCUT2D eigenvalue weighted by Gasteiger charge is -2.10. The van der Waals surface area contributed by atoms with Gasteiger partial charge in [-0.2, -0.15) is 0 Å². The SMILES string of the molecule is Clc1ccc(-n2c(Cc3ccccc3)nnc2SCc2nnc(Cc3ccccc3)o2)cc1. The van der Waals surface area contributed by atoms with Crippen LogP contribution >= 0.6 is 23.4 Å². The highest BCUT2D eigenvalue weighted by Gasteiger charge is 2.17. The average Bonchev–Trinajstić information content (AvgIpc) is 3.46. The molecule has 0 spiro atoms. The van der Waals surface area contributed by atoms with Crippen molar-refractivity contribution >= 4 is 23.4 Å². The van der Waals surface area contributed by atoms with Gasteiger partial charge in [0.2, 0.25) is 11.8 Å². The van der Waals surface area contributed by atoms with Crippen LogP contribution in [-0.4, -0.2) is 25.0 Å². The van der Waals surface area contributed by atoms with Gasteiger partial charge < -0.3 is 4.42 Å². The van der Waals surface area contributed by atoms with Crippen LogP contribution in [-0.2, 0) is 18.6 Å². The van der Waals surface area contributed by atoms with Gasteiger partial charge in [-0.05, 0) is 35.4 Å². The lowest BCUT2D eigenvalue weighted by Crippen LogP contribution is -2.04. The van der Waals surface area contributed by atoms with E-state index in [0.717, 1.165) is 22.2 Å². The molecule has 0 saturated carbocycles. The number of aromatic nitrogens is 5. The van der Waals surface area contributed by atoms with Gasteiger partial charge in [-0.1, -0.05) is 84.0 Å². The van der Waals surface area contributed by atoms with E-state index in [2.05, 4.69) is 37.1 Å². The summed E-state index contributed by atoms with van der Waals surface area (Å²) in [5.41, 5.74) is 3.25. The zero-order chi connectivity index (χ0) is 22.5. The maximum atomic E-state index is 6.11. The highest BCUT2D eigenvalue weighted by atomic mass is 35.5. The third-order valence-corrected chi connectivity index (χ3v) is 6.19. The summed E-state index contributed by atoms with van der Waals surface area (Å²) in [6.45, 7) is 0.